The summed E-state index contributed by atoms with van der Waals surface area (Å²) in [5.41, 5.74) is 1.77. The van der Waals surface area contributed by atoms with Crippen LogP contribution in [-0.2, 0) is 32.0 Å². The highest BCUT2D eigenvalue weighted by atomic mass is 16.4. The molecule has 2 aromatic carbocycles. The van der Waals surface area contributed by atoms with Crippen LogP contribution in [0, 0.1) is 0 Å². The van der Waals surface area contributed by atoms with E-state index < -0.39 is 30.0 Å². The molecule has 4 N–H and O–H groups in total. The van der Waals surface area contributed by atoms with E-state index in [2.05, 4.69) is 16.0 Å². The Kier molecular flexibility index (Phi) is 9.48. The van der Waals surface area contributed by atoms with Crippen molar-refractivity contribution in [1.82, 2.24) is 20.9 Å². The number of carbonyl (C=O) groups excluding carboxylic acids is 3. The molecule has 1 unspecified atom stereocenters. The summed E-state index contributed by atoms with van der Waals surface area (Å²) in [4.78, 5) is 53.2. The van der Waals surface area contributed by atoms with Crippen molar-refractivity contribution in [2.45, 2.75) is 69.1 Å². The van der Waals surface area contributed by atoms with Gasteiger partial charge in [-0.3, -0.25) is 19.2 Å². The molecule has 2 heterocycles. The maximum atomic E-state index is 13.5. The number of amides is 3. The molecule has 9 heteroatoms. The van der Waals surface area contributed by atoms with E-state index in [1.807, 2.05) is 60.7 Å². The van der Waals surface area contributed by atoms with Gasteiger partial charge >= 0.3 is 5.97 Å². The molecule has 2 aromatic rings. The van der Waals surface area contributed by atoms with E-state index in [4.69, 9.17) is 0 Å². The van der Waals surface area contributed by atoms with E-state index in [-0.39, 0.29) is 30.7 Å². The third-order valence-electron chi connectivity index (χ3n) is 7.20. The Morgan fingerprint density at radius 1 is 0.895 bits per heavy atom. The Hall–Kier alpha value is -3.72. The summed E-state index contributed by atoms with van der Waals surface area (Å²) < 4.78 is 0. The lowest BCUT2D eigenvalue weighted by Crippen LogP contribution is -2.56. The molecule has 3 amide bonds. The summed E-state index contributed by atoms with van der Waals surface area (Å²) in [5.74, 6) is -1.88. The molecule has 38 heavy (non-hydrogen) atoms. The average Bonchev–Trinajstić information content (AvgIpc) is 3.62. The van der Waals surface area contributed by atoms with Gasteiger partial charge in [-0.2, -0.15) is 0 Å². The average molecular weight is 521 g/mol. The van der Waals surface area contributed by atoms with Gasteiger partial charge < -0.3 is 26.0 Å². The maximum absolute atomic E-state index is 13.5. The van der Waals surface area contributed by atoms with Crippen molar-refractivity contribution in [2.75, 3.05) is 13.1 Å². The topological polar surface area (TPSA) is 128 Å². The molecule has 0 radical (unpaired) electrons. The van der Waals surface area contributed by atoms with Crippen molar-refractivity contribution in [3.63, 3.8) is 0 Å². The molecular weight excluding hydrogens is 484 g/mol. The van der Waals surface area contributed by atoms with Gasteiger partial charge in [0.1, 0.15) is 12.1 Å². The first-order valence-corrected chi connectivity index (χ1v) is 13.3. The zero-order chi connectivity index (χ0) is 26.9. The quantitative estimate of drug-likeness (QED) is 0.357. The van der Waals surface area contributed by atoms with Gasteiger partial charge in [0, 0.05) is 19.0 Å². The van der Waals surface area contributed by atoms with Crippen LogP contribution in [0.25, 0.3) is 0 Å². The van der Waals surface area contributed by atoms with Crippen LogP contribution in [0.2, 0.25) is 0 Å². The molecular formula is C29H36N4O5. The Balaban J connectivity index is 1.48. The summed E-state index contributed by atoms with van der Waals surface area (Å²) in [6, 6.07) is 16.3. The molecule has 0 bridgehead atoms. The van der Waals surface area contributed by atoms with E-state index in [1.54, 1.807) is 4.90 Å². The summed E-state index contributed by atoms with van der Waals surface area (Å²) in [7, 11) is 0. The number of nitrogens with one attached hydrogen (secondary N) is 3. The maximum Gasteiger partial charge on any atom is 0.305 e. The second-order valence-corrected chi connectivity index (χ2v) is 10.1. The second-order valence-electron chi connectivity index (χ2n) is 10.1. The van der Waals surface area contributed by atoms with Gasteiger partial charge in [0.2, 0.25) is 17.7 Å². The van der Waals surface area contributed by atoms with E-state index in [0.29, 0.717) is 19.4 Å². The molecule has 4 atom stereocenters. The first kappa shape index (κ1) is 27.3. The zero-order valence-electron chi connectivity index (χ0n) is 21.5. The number of nitrogens with zero attached hydrogens (tertiary/aromatic N) is 1. The zero-order valence-corrected chi connectivity index (χ0v) is 21.5. The fraction of sp³-hybridized carbons (Fsp3) is 0.448. The third kappa shape index (κ3) is 7.41. The first-order chi connectivity index (χ1) is 18.4. The monoisotopic (exact) mass is 520 g/mol. The predicted octanol–water partition coefficient (Wildman–Crippen LogP) is 1.66. The summed E-state index contributed by atoms with van der Waals surface area (Å²) in [6.07, 6.45) is 3.31. The smallest absolute Gasteiger partial charge is 0.305 e. The van der Waals surface area contributed by atoms with Gasteiger partial charge in [-0.05, 0) is 49.8 Å². The van der Waals surface area contributed by atoms with Gasteiger partial charge in [-0.25, -0.2) is 0 Å². The van der Waals surface area contributed by atoms with Crippen LogP contribution in [0.15, 0.2) is 60.7 Å². The second kappa shape index (κ2) is 13.2. The Morgan fingerprint density at radius 2 is 1.55 bits per heavy atom. The fourth-order valence-corrected chi connectivity index (χ4v) is 5.31. The summed E-state index contributed by atoms with van der Waals surface area (Å²) in [5, 5.41) is 18.4. The number of hydrogen-bond acceptors (Lipinski definition) is 5. The van der Waals surface area contributed by atoms with E-state index in [1.165, 1.54) is 0 Å². The third-order valence-corrected chi connectivity index (χ3v) is 7.20. The van der Waals surface area contributed by atoms with Crippen LogP contribution in [-0.4, -0.2) is 71.0 Å². The molecule has 2 fully saturated rings. The number of likely N-dealkylation sites (tertiary alicyclic amines) is 1. The first-order valence-electron chi connectivity index (χ1n) is 13.3. The molecule has 2 aliphatic rings. The van der Waals surface area contributed by atoms with Crippen molar-refractivity contribution in [3.8, 4) is 0 Å². The number of carboxylic acid groups (broad SMARTS) is 1. The van der Waals surface area contributed by atoms with Crippen LogP contribution >= 0.6 is 0 Å². The van der Waals surface area contributed by atoms with Crippen LogP contribution < -0.4 is 16.0 Å². The number of carbonyl (C=O) groups is 4. The highest BCUT2D eigenvalue weighted by Gasteiger charge is 2.39. The Labute approximate surface area is 223 Å². The van der Waals surface area contributed by atoms with E-state index >= 15 is 0 Å². The van der Waals surface area contributed by atoms with Crippen LogP contribution in [0.1, 0.15) is 43.2 Å². The van der Waals surface area contributed by atoms with Crippen molar-refractivity contribution in [1.29, 1.82) is 0 Å². The van der Waals surface area contributed by atoms with Crippen LogP contribution in [0.5, 0.6) is 0 Å². The molecule has 0 spiro atoms. The van der Waals surface area contributed by atoms with Gasteiger partial charge in [0.25, 0.3) is 0 Å². The van der Waals surface area contributed by atoms with E-state index in [0.717, 1.165) is 36.9 Å². The molecule has 0 aromatic heterocycles. The van der Waals surface area contributed by atoms with Gasteiger partial charge in [-0.15, -0.1) is 0 Å². The SMILES string of the molecule is O=C(O)CC(Cc1ccccc1)NC(=O)[C@H](Cc1ccccc1)NC(=O)[C@@H]1CCCN1C(=O)[C@@H]1CCCN1. The molecule has 2 saturated heterocycles. The van der Waals surface area contributed by atoms with Crippen LogP contribution in [0.4, 0.5) is 0 Å². The fourth-order valence-electron chi connectivity index (χ4n) is 5.31. The highest BCUT2D eigenvalue weighted by molar-refractivity contribution is 5.93. The van der Waals surface area contributed by atoms with Gasteiger partial charge in [-0.1, -0.05) is 60.7 Å². The Bertz CT molecular complexity index is 1100. The predicted molar refractivity (Wildman–Crippen MR) is 142 cm³/mol. The number of hydrogen-bond donors (Lipinski definition) is 4. The molecule has 202 valence electrons. The number of aliphatic carboxylic acids is 1. The van der Waals surface area contributed by atoms with Crippen molar-refractivity contribution < 1.29 is 24.3 Å². The number of carboxylic acids is 1. The van der Waals surface area contributed by atoms with Gasteiger partial charge in [0.05, 0.1) is 12.5 Å². The number of benzene rings is 2. The van der Waals surface area contributed by atoms with Gasteiger partial charge in [0.15, 0.2) is 0 Å². The molecule has 0 saturated carbocycles. The summed E-state index contributed by atoms with van der Waals surface area (Å²) in [6.45, 7) is 1.31. The Morgan fingerprint density at radius 3 is 2.16 bits per heavy atom. The lowest BCUT2D eigenvalue weighted by molar-refractivity contribution is -0.140. The number of rotatable bonds is 11. The highest BCUT2D eigenvalue weighted by Crippen LogP contribution is 2.21. The van der Waals surface area contributed by atoms with E-state index in [9.17, 15) is 24.3 Å². The van der Waals surface area contributed by atoms with Crippen LogP contribution in [0.3, 0.4) is 0 Å². The molecule has 9 nitrogen and oxygen atoms in total. The standard InChI is InChI=1S/C29H36N4O5/c34-26(35)19-22(17-20-9-3-1-4-10-20)31-27(36)24(18-21-11-5-2-6-12-21)32-28(37)25-14-8-16-33(25)29(38)23-13-7-15-30-23/h1-6,9-12,22-25,30H,7-8,13-19H2,(H,31,36)(H,32,37)(H,34,35)/t22?,23-,24-,25-/m0/s1. The molecule has 4 rings (SSSR count). The minimum Gasteiger partial charge on any atom is -0.481 e. The van der Waals surface area contributed by atoms with Crippen molar-refractivity contribution in [3.05, 3.63) is 71.8 Å². The lowest BCUT2D eigenvalue weighted by Gasteiger charge is -2.29. The largest absolute Gasteiger partial charge is 0.481 e. The van der Waals surface area contributed by atoms with Crippen molar-refractivity contribution in [2.24, 2.45) is 0 Å². The molecule has 0 aliphatic carbocycles. The normalized spacial score (nSPS) is 20.5. The minimum absolute atomic E-state index is 0.0615. The summed E-state index contributed by atoms with van der Waals surface area (Å²) >= 11 is 0. The lowest BCUT2D eigenvalue weighted by atomic mass is 10.0. The molecule has 2 aliphatic heterocycles. The van der Waals surface area contributed by atoms with Crippen molar-refractivity contribution >= 4 is 23.7 Å². The minimum atomic E-state index is -1.02.